The molecule has 4 aromatic carbocycles. The number of rotatable bonds is 13. The SMILES string of the molecule is NCCOCCOCCNC(=O)c1ccc(-c2c3nc(c(-c4ccccc4)c4ccc([nH]4)c(-c4ccccc4)c4ccc([nH]4)c(-c4ccccc4)c4nc2C=C4)C=C3)cc1. The number of nitrogens with zero attached hydrogens (tertiary/aromatic N) is 2. The molecule has 296 valence electrons. The maximum absolute atomic E-state index is 13.2. The van der Waals surface area contributed by atoms with E-state index in [9.17, 15) is 4.79 Å². The van der Waals surface area contributed by atoms with Gasteiger partial charge in [0.05, 0.1) is 49.2 Å². The molecule has 0 radical (unpaired) electrons. The molecule has 0 atom stereocenters. The summed E-state index contributed by atoms with van der Waals surface area (Å²) in [5, 5.41) is 2.95. The number of nitrogens with one attached hydrogen (secondary N) is 3. The van der Waals surface area contributed by atoms with Crippen LogP contribution in [0, 0.1) is 0 Å². The number of hydrogen-bond donors (Lipinski definition) is 4. The third kappa shape index (κ3) is 8.10. The minimum Gasteiger partial charge on any atom is -0.378 e. The summed E-state index contributed by atoms with van der Waals surface area (Å²) < 4.78 is 10.9. The van der Waals surface area contributed by atoms with Gasteiger partial charge in [-0.2, -0.15) is 0 Å². The van der Waals surface area contributed by atoms with E-state index < -0.39 is 0 Å². The molecule has 0 saturated heterocycles. The zero-order valence-corrected chi connectivity index (χ0v) is 33.0. The second kappa shape index (κ2) is 17.8. The maximum Gasteiger partial charge on any atom is 0.251 e. The molecule has 9 rings (SSSR count). The van der Waals surface area contributed by atoms with E-state index in [2.05, 4.69) is 137 Å². The molecule has 1 amide bonds. The fraction of sp³-hybridized carbons (Fsp3) is 0.118. The van der Waals surface area contributed by atoms with Crippen LogP contribution in [0.3, 0.4) is 0 Å². The van der Waals surface area contributed by atoms with E-state index in [0.29, 0.717) is 45.1 Å². The van der Waals surface area contributed by atoms with Gasteiger partial charge in [0.15, 0.2) is 0 Å². The van der Waals surface area contributed by atoms with Gasteiger partial charge >= 0.3 is 0 Å². The van der Waals surface area contributed by atoms with Crippen molar-refractivity contribution < 1.29 is 14.3 Å². The number of benzene rings is 4. The average molecular weight is 789 g/mol. The topological polar surface area (TPSA) is 131 Å². The molecule has 0 aliphatic carbocycles. The monoisotopic (exact) mass is 788 g/mol. The lowest BCUT2D eigenvalue weighted by Crippen LogP contribution is -2.27. The number of nitrogens with two attached hydrogens (primary N) is 1. The smallest absolute Gasteiger partial charge is 0.251 e. The zero-order valence-electron chi connectivity index (χ0n) is 33.0. The van der Waals surface area contributed by atoms with Gasteiger partial charge < -0.3 is 30.5 Å². The number of carbonyl (C=O) groups excluding carboxylic acids is 1. The van der Waals surface area contributed by atoms with Gasteiger partial charge in [0.25, 0.3) is 5.91 Å². The van der Waals surface area contributed by atoms with Crippen LogP contribution in [0.25, 0.3) is 90.9 Å². The molecule has 8 bridgehead atoms. The van der Waals surface area contributed by atoms with Crippen molar-refractivity contribution in [1.82, 2.24) is 25.3 Å². The Balaban J connectivity index is 1.23. The molecule has 2 aliphatic heterocycles. The number of ether oxygens (including phenoxy) is 2. The van der Waals surface area contributed by atoms with Crippen molar-refractivity contribution in [3.8, 4) is 44.5 Å². The number of hydrogen-bond acceptors (Lipinski definition) is 6. The maximum atomic E-state index is 13.2. The van der Waals surface area contributed by atoms with E-state index in [1.165, 1.54) is 0 Å². The number of amides is 1. The molecule has 9 nitrogen and oxygen atoms in total. The predicted octanol–water partition coefficient (Wildman–Crippen LogP) is 10.0. The molecule has 2 aliphatic rings. The molecule has 0 saturated carbocycles. The molecule has 0 spiro atoms. The van der Waals surface area contributed by atoms with Crippen LogP contribution in [0.15, 0.2) is 140 Å². The first-order valence-electron chi connectivity index (χ1n) is 20.2. The second-order valence-electron chi connectivity index (χ2n) is 14.4. The first kappa shape index (κ1) is 38.4. The molecule has 9 heteroatoms. The van der Waals surface area contributed by atoms with Crippen molar-refractivity contribution in [3.05, 3.63) is 168 Å². The lowest BCUT2D eigenvalue weighted by molar-refractivity contribution is 0.0511. The summed E-state index contributed by atoms with van der Waals surface area (Å²) in [5.41, 5.74) is 21.0. The van der Waals surface area contributed by atoms with Crippen LogP contribution in [0.5, 0.6) is 0 Å². The summed E-state index contributed by atoms with van der Waals surface area (Å²) in [5.74, 6) is -0.178. The van der Waals surface area contributed by atoms with Gasteiger partial charge in [0.1, 0.15) is 0 Å². The lowest BCUT2D eigenvalue weighted by atomic mass is 10.0. The predicted molar refractivity (Wildman–Crippen MR) is 244 cm³/mol. The van der Waals surface area contributed by atoms with Gasteiger partial charge in [-0.3, -0.25) is 4.79 Å². The number of carbonyl (C=O) groups is 1. The first-order valence-corrected chi connectivity index (χ1v) is 20.2. The zero-order chi connectivity index (χ0) is 40.7. The number of aromatic amines is 2. The Morgan fingerprint density at radius 2 is 0.867 bits per heavy atom. The van der Waals surface area contributed by atoms with Crippen LogP contribution >= 0.6 is 0 Å². The van der Waals surface area contributed by atoms with E-state index in [4.69, 9.17) is 25.2 Å². The minimum absolute atomic E-state index is 0.178. The lowest BCUT2D eigenvalue weighted by Gasteiger charge is -2.09. The molecule has 7 aromatic rings. The first-order chi connectivity index (χ1) is 29.6. The van der Waals surface area contributed by atoms with Gasteiger partial charge in [-0.15, -0.1) is 0 Å². The summed E-state index contributed by atoms with van der Waals surface area (Å²) in [7, 11) is 0. The van der Waals surface area contributed by atoms with Gasteiger partial charge in [-0.1, -0.05) is 103 Å². The molecule has 0 fully saturated rings. The largest absolute Gasteiger partial charge is 0.378 e. The number of aromatic nitrogens is 4. The highest BCUT2D eigenvalue weighted by atomic mass is 16.5. The van der Waals surface area contributed by atoms with Crippen LogP contribution in [-0.2, 0) is 9.47 Å². The van der Waals surface area contributed by atoms with E-state index in [1.807, 2.05) is 42.5 Å². The Kier molecular flexibility index (Phi) is 11.4. The van der Waals surface area contributed by atoms with Crippen LogP contribution < -0.4 is 11.1 Å². The third-order valence-corrected chi connectivity index (χ3v) is 10.5. The van der Waals surface area contributed by atoms with Gasteiger partial charge in [0, 0.05) is 63.0 Å². The van der Waals surface area contributed by atoms with Crippen molar-refractivity contribution >= 4 is 52.3 Å². The fourth-order valence-corrected chi connectivity index (χ4v) is 7.77. The molecule has 60 heavy (non-hydrogen) atoms. The Morgan fingerprint density at radius 3 is 1.33 bits per heavy atom. The Bertz CT molecular complexity index is 2730. The number of fused-ring (bicyclic) bond motifs is 8. The summed E-state index contributed by atoms with van der Waals surface area (Å²) in [6.07, 6.45) is 8.28. The van der Waals surface area contributed by atoms with E-state index >= 15 is 0 Å². The molecule has 3 aromatic heterocycles. The summed E-state index contributed by atoms with van der Waals surface area (Å²) in [6.45, 7) is 2.65. The van der Waals surface area contributed by atoms with E-state index in [0.717, 1.165) is 89.4 Å². The summed E-state index contributed by atoms with van der Waals surface area (Å²) in [4.78, 5) is 31.5. The molecule has 0 unspecified atom stereocenters. The van der Waals surface area contributed by atoms with Crippen LogP contribution in [0.1, 0.15) is 33.1 Å². The second-order valence-corrected chi connectivity index (χ2v) is 14.4. The molecule has 5 heterocycles. The van der Waals surface area contributed by atoms with Gasteiger partial charge in [0.2, 0.25) is 0 Å². The molecular formula is C51H44N6O3. The molecule has 5 N–H and O–H groups in total. The van der Waals surface area contributed by atoms with Crippen molar-refractivity contribution in [1.29, 1.82) is 0 Å². The highest BCUT2D eigenvalue weighted by molar-refractivity contribution is 6.00. The molecular weight excluding hydrogens is 745 g/mol. The normalized spacial score (nSPS) is 11.9. The Hall–Kier alpha value is -7.17. The standard InChI is InChI=1S/C51H44N6O3/c52-28-30-59-32-33-60-31-29-53-51(58)38-18-16-37(17-19-38)50-45-26-24-43(56-45)48(35-12-6-2-7-13-35)41-22-20-39(54-41)47(34-10-4-1-5-11-34)40-21-23-42(55-40)49(36-14-8-3-9-15-36)44-25-27-46(50)57-44/h1-27,54-55H,28-33,52H2,(H,53,58). The van der Waals surface area contributed by atoms with Gasteiger partial charge in [-0.05, 0) is 83.0 Å². The Labute approximate surface area is 348 Å². The highest BCUT2D eigenvalue weighted by Gasteiger charge is 2.20. The van der Waals surface area contributed by atoms with Crippen LogP contribution in [0.2, 0.25) is 0 Å². The van der Waals surface area contributed by atoms with Crippen molar-refractivity contribution in [3.63, 3.8) is 0 Å². The highest BCUT2D eigenvalue weighted by Crippen LogP contribution is 2.38. The van der Waals surface area contributed by atoms with Gasteiger partial charge in [-0.25, -0.2) is 9.97 Å². The van der Waals surface area contributed by atoms with E-state index in [1.54, 1.807) is 0 Å². The van der Waals surface area contributed by atoms with E-state index in [-0.39, 0.29) is 5.91 Å². The minimum atomic E-state index is -0.178. The van der Waals surface area contributed by atoms with Crippen molar-refractivity contribution in [2.45, 2.75) is 0 Å². The quantitative estimate of drug-likeness (QED) is 0.0861. The summed E-state index contributed by atoms with van der Waals surface area (Å²) >= 11 is 0. The third-order valence-electron chi connectivity index (χ3n) is 10.5. The van der Waals surface area contributed by atoms with Crippen LogP contribution in [-0.4, -0.2) is 65.4 Å². The summed E-state index contributed by atoms with van der Waals surface area (Å²) in [6, 6.07) is 47.4. The fourth-order valence-electron chi connectivity index (χ4n) is 7.77. The van der Waals surface area contributed by atoms with Crippen molar-refractivity contribution in [2.75, 3.05) is 39.5 Å². The van der Waals surface area contributed by atoms with Crippen molar-refractivity contribution in [2.24, 2.45) is 5.73 Å². The van der Waals surface area contributed by atoms with Crippen LogP contribution in [0.4, 0.5) is 0 Å². The average Bonchev–Trinajstić information content (AvgIpc) is 4.14. The number of H-pyrrole nitrogens is 2. The Morgan fingerprint density at radius 1 is 0.467 bits per heavy atom.